The number of carbonyl (C=O) groups excluding carboxylic acids is 2. The van der Waals surface area contributed by atoms with Gasteiger partial charge in [0.05, 0.1) is 0 Å². The lowest BCUT2D eigenvalue weighted by Gasteiger charge is -2.27. The largest absolute Gasteiger partial charge is 0.370 e. The first-order valence-corrected chi connectivity index (χ1v) is 9.97. The van der Waals surface area contributed by atoms with Gasteiger partial charge in [0.1, 0.15) is 0 Å². The molecule has 2 heterocycles. The number of hydrogen-bond donors (Lipinski definition) is 2. The van der Waals surface area contributed by atoms with Gasteiger partial charge >= 0.3 is 0 Å². The van der Waals surface area contributed by atoms with Crippen molar-refractivity contribution in [3.8, 4) is 0 Å². The van der Waals surface area contributed by atoms with Crippen molar-refractivity contribution in [2.75, 3.05) is 20.1 Å². The highest BCUT2D eigenvalue weighted by atomic mass is 16.1. The van der Waals surface area contributed by atoms with Crippen LogP contribution in [0.1, 0.15) is 33.6 Å². The van der Waals surface area contributed by atoms with E-state index in [-0.39, 0.29) is 11.8 Å². The molecule has 0 radical (unpaired) electrons. The molecule has 1 aliphatic heterocycles. The van der Waals surface area contributed by atoms with Crippen molar-refractivity contribution in [3.05, 3.63) is 70.9 Å². The Morgan fingerprint density at radius 3 is 2.59 bits per heavy atom. The molecule has 0 spiro atoms. The Balaban J connectivity index is 1.64. The van der Waals surface area contributed by atoms with E-state index in [1.807, 2.05) is 24.3 Å². The van der Waals surface area contributed by atoms with Crippen molar-refractivity contribution >= 4 is 22.7 Å². The van der Waals surface area contributed by atoms with Gasteiger partial charge in [-0.1, -0.05) is 30.3 Å². The van der Waals surface area contributed by atoms with Crippen molar-refractivity contribution in [1.82, 2.24) is 14.8 Å². The van der Waals surface area contributed by atoms with Crippen LogP contribution in [-0.2, 0) is 24.3 Å². The van der Waals surface area contributed by atoms with E-state index >= 15 is 0 Å². The van der Waals surface area contributed by atoms with Gasteiger partial charge in [-0.3, -0.25) is 14.5 Å². The van der Waals surface area contributed by atoms with Crippen LogP contribution in [0, 0.1) is 0 Å². The summed E-state index contributed by atoms with van der Waals surface area (Å²) < 4.78 is 2.39. The summed E-state index contributed by atoms with van der Waals surface area (Å²) in [5.74, 6) is -0.324. The molecule has 150 valence electrons. The lowest BCUT2D eigenvalue weighted by atomic mass is 10.0. The van der Waals surface area contributed by atoms with Gasteiger partial charge in [-0.2, -0.15) is 0 Å². The maximum atomic E-state index is 11.8. The zero-order valence-electron chi connectivity index (χ0n) is 16.6. The number of amides is 2. The van der Waals surface area contributed by atoms with Crippen molar-refractivity contribution in [2.24, 2.45) is 5.73 Å². The number of nitrogens with one attached hydrogen (secondary N) is 1. The second-order valence-corrected chi connectivity index (χ2v) is 7.55. The van der Waals surface area contributed by atoms with E-state index in [2.05, 4.69) is 39.0 Å². The van der Waals surface area contributed by atoms with E-state index in [0.717, 1.165) is 31.6 Å². The van der Waals surface area contributed by atoms with E-state index < -0.39 is 0 Å². The maximum absolute atomic E-state index is 11.8. The topological polar surface area (TPSA) is 80.4 Å². The van der Waals surface area contributed by atoms with E-state index in [0.29, 0.717) is 18.5 Å². The van der Waals surface area contributed by atoms with Crippen LogP contribution >= 0.6 is 0 Å². The minimum Gasteiger partial charge on any atom is -0.370 e. The number of fused-ring (bicyclic) bond motifs is 3. The van der Waals surface area contributed by atoms with E-state index in [1.165, 1.54) is 22.2 Å². The van der Waals surface area contributed by atoms with Crippen LogP contribution in [0.3, 0.4) is 0 Å². The minimum absolute atomic E-state index is 0.0728. The van der Waals surface area contributed by atoms with Crippen molar-refractivity contribution in [1.29, 1.82) is 0 Å². The summed E-state index contributed by atoms with van der Waals surface area (Å²) in [6, 6.07) is 16.3. The van der Waals surface area contributed by atoms with Gasteiger partial charge in [0.2, 0.25) is 5.91 Å². The normalized spacial score (nSPS) is 14.0. The molecule has 3 N–H and O–H groups in total. The second-order valence-electron chi connectivity index (χ2n) is 7.55. The number of benzene rings is 2. The molecule has 3 aromatic rings. The SMILES string of the molecule is CNC(=O)c1ccc(Cn2c3c(c4ccccc42)CN(CCC(N)=O)CC3)cc1. The first-order chi connectivity index (χ1) is 14.1. The fraction of sp³-hybridized carbons (Fsp3) is 0.304. The fourth-order valence-corrected chi connectivity index (χ4v) is 4.19. The van der Waals surface area contributed by atoms with Crippen molar-refractivity contribution < 1.29 is 9.59 Å². The van der Waals surface area contributed by atoms with Gasteiger partial charge in [0.25, 0.3) is 5.91 Å². The summed E-state index contributed by atoms with van der Waals surface area (Å²) in [6.45, 7) is 3.23. The summed E-state index contributed by atoms with van der Waals surface area (Å²) in [6.07, 6.45) is 1.34. The third-order valence-electron chi connectivity index (χ3n) is 5.70. The van der Waals surface area contributed by atoms with E-state index in [9.17, 15) is 9.59 Å². The molecule has 6 nitrogen and oxygen atoms in total. The molecule has 0 saturated carbocycles. The molecule has 4 rings (SSSR count). The summed E-state index contributed by atoms with van der Waals surface area (Å²) in [4.78, 5) is 25.3. The molecular formula is C23H26N4O2. The predicted octanol–water partition coefficient (Wildman–Crippen LogP) is 2.28. The monoisotopic (exact) mass is 390 g/mol. The molecule has 0 saturated heterocycles. The molecule has 0 unspecified atom stereocenters. The zero-order chi connectivity index (χ0) is 20.4. The number of para-hydroxylation sites is 1. The Morgan fingerprint density at radius 2 is 1.86 bits per heavy atom. The Hall–Kier alpha value is -3.12. The predicted molar refractivity (Wildman–Crippen MR) is 114 cm³/mol. The Bertz CT molecular complexity index is 1050. The van der Waals surface area contributed by atoms with Crippen LogP contribution in [0.4, 0.5) is 0 Å². The molecule has 2 amide bonds. The van der Waals surface area contributed by atoms with Crippen LogP contribution in [0.5, 0.6) is 0 Å². The number of hydrogen-bond acceptors (Lipinski definition) is 3. The molecule has 6 heteroatoms. The molecule has 2 aromatic carbocycles. The number of nitrogens with two attached hydrogens (primary N) is 1. The highest BCUT2D eigenvalue weighted by Gasteiger charge is 2.24. The lowest BCUT2D eigenvalue weighted by Crippen LogP contribution is -2.33. The van der Waals surface area contributed by atoms with Crippen molar-refractivity contribution in [3.63, 3.8) is 0 Å². The summed E-state index contributed by atoms with van der Waals surface area (Å²) in [5.41, 5.74) is 11.1. The fourth-order valence-electron chi connectivity index (χ4n) is 4.19. The van der Waals surface area contributed by atoms with Gasteiger partial charge in [0, 0.05) is 68.2 Å². The van der Waals surface area contributed by atoms with E-state index in [4.69, 9.17) is 5.73 Å². The average molecular weight is 390 g/mol. The molecule has 29 heavy (non-hydrogen) atoms. The van der Waals surface area contributed by atoms with Gasteiger partial charge < -0.3 is 15.6 Å². The van der Waals surface area contributed by atoms with Gasteiger partial charge in [-0.05, 0) is 29.3 Å². The maximum Gasteiger partial charge on any atom is 0.251 e. The first-order valence-electron chi connectivity index (χ1n) is 9.97. The third kappa shape index (κ3) is 3.89. The Morgan fingerprint density at radius 1 is 1.10 bits per heavy atom. The number of rotatable bonds is 6. The Labute approximate surface area is 170 Å². The van der Waals surface area contributed by atoms with Gasteiger partial charge in [0.15, 0.2) is 0 Å². The third-order valence-corrected chi connectivity index (χ3v) is 5.70. The second kappa shape index (κ2) is 8.09. The number of nitrogens with zero attached hydrogens (tertiary/aromatic N) is 2. The molecular weight excluding hydrogens is 364 g/mol. The average Bonchev–Trinajstić information content (AvgIpc) is 3.05. The lowest BCUT2D eigenvalue weighted by molar-refractivity contribution is -0.118. The zero-order valence-corrected chi connectivity index (χ0v) is 16.6. The van der Waals surface area contributed by atoms with Crippen LogP contribution < -0.4 is 11.1 Å². The smallest absolute Gasteiger partial charge is 0.251 e. The van der Waals surface area contributed by atoms with E-state index in [1.54, 1.807) is 7.05 Å². The van der Waals surface area contributed by atoms with Crippen molar-refractivity contribution in [2.45, 2.75) is 25.9 Å². The number of carbonyl (C=O) groups is 2. The molecule has 1 aliphatic rings. The molecule has 0 atom stereocenters. The summed E-state index contributed by atoms with van der Waals surface area (Å²) in [7, 11) is 1.64. The van der Waals surface area contributed by atoms with Crippen LogP contribution in [0.25, 0.3) is 10.9 Å². The summed E-state index contributed by atoms with van der Waals surface area (Å²) >= 11 is 0. The Kier molecular flexibility index (Phi) is 5.36. The standard InChI is InChI=1S/C23H26N4O2/c1-25-23(29)17-8-6-16(7-9-17)14-27-20-5-3-2-4-18(20)19-15-26(12-10-21(19)27)13-11-22(24)28/h2-9H,10-15H2,1H3,(H2,24,28)(H,25,29). The van der Waals surface area contributed by atoms with Crippen LogP contribution in [-0.4, -0.2) is 41.4 Å². The van der Waals surface area contributed by atoms with Gasteiger partial charge in [-0.25, -0.2) is 0 Å². The molecule has 0 bridgehead atoms. The van der Waals surface area contributed by atoms with Crippen LogP contribution in [0.15, 0.2) is 48.5 Å². The highest BCUT2D eigenvalue weighted by Crippen LogP contribution is 2.31. The van der Waals surface area contributed by atoms with Crippen LogP contribution in [0.2, 0.25) is 0 Å². The first kappa shape index (κ1) is 19.2. The summed E-state index contributed by atoms with van der Waals surface area (Å²) in [5, 5.41) is 3.93. The molecule has 0 fully saturated rings. The quantitative estimate of drug-likeness (QED) is 0.678. The molecule has 0 aliphatic carbocycles. The number of primary amides is 1. The minimum atomic E-state index is -0.251. The van der Waals surface area contributed by atoms with Gasteiger partial charge in [-0.15, -0.1) is 0 Å². The highest BCUT2D eigenvalue weighted by molar-refractivity contribution is 5.94. The number of aromatic nitrogens is 1. The molecule has 1 aromatic heterocycles.